The van der Waals surface area contributed by atoms with Gasteiger partial charge in [0, 0.05) is 23.6 Å². The largest absolute Gasteiger partial charge is 0.490 e. The number of carbonyl (C=O) groups excluding carboxylic acids is 1. The lowest BCUT2D eigenvalue weighted by Gasteiger charge is -2.41. The molecule has 1 heterocycles. The van der Waals surface area contributed by atoms with Gasteiger partial charge < -0.3 is 14.9 Å². The molecule has 2 aromatic rings. The van der Waals surface area contributed by atoms with Gasteiger partial charge in [0.05, 0.1) is 11.6 Å². The molecule has 2 N–H and O–H groups in total. The maximum atomic E-state index is 11.3. The minimum Gasteiger partial charge on any atom is -0.490 e. The molecule has 1 aliphatic rings. The van der Waals surface area contributed by atoms with E-state index < -0.39 is 14.2 Å². The van der Waals surface area contributed by atoms with Crippen LogP contribution in [-0.2, 0) is 4.43 Å². The summed E-state index contributed by atoms with van der Waals surface area (Å²) in [6.07, 6.45) is 4.48. The number of rotatable bonds is 5. The topological polar surface area (TPSA) is 74.4 Å². The van der Waals surface area contributed by atoms with E-state index in [1.54, 1.807) is 6.07 Å². The molecule has 0 unspecified atom stereocenters. The van der Waals surface area contributed by atoms with Crippen molar-refractivity contribution in [2.24, 2.45) is 5.73 Å². The van der Waals surface area contributed by atoms with E-state index in [0.29, 0.717) is 17.4 Å². The molecule has 0 saturated heterocycles. The Bertz CT molecular complexity index is 852. The lowest BCUT2D eigenvalue weighted by molar-refractivity contribution is 0.0725. The lowest BCUT2D eigenvalue weighted by atomic mass is 9.95. The van der Waals surface area contributed by atoms with E-state index in [-0.39, 0.29) is 16.8 Å². The summed E-state index contributed by atoms with van der Waals surface area (Å²) in [6.45, 7) is 11.5. The number of carbonyl (C=O) groups is 1. The van der Waals surface area contributed by atoms with Crippen LogP contribution in [0.15, 0.2) is 24.3 Å². The molecule has 1 aromatic carbocycles. The second kappa shape index (κ2) is 7.83. The first kappa shape index (κ1) is 20.8. The Kier molecular flexibility index (Phi) is 5.82. The van der Waals surface area contributed by atoms with Crippen LogP contribution in [0, 0.1) is 6.07 Å². The Morgan fingerprint density at radius 3 is 2.43 bits per heavy atom. The fraction of sp³-hybridized carbons (Fsp3) is 0.545. The zero-order valence-corrected chi connectivity index (χ0v) is 18.5. The van der Waals surface area contributed by atoms with Gasteiger partial charge in [0.2, 0.25) is 0 Å². The van der Waals surface area contributed by atoms with E-state index in [0.717, 1.165) is 31.1 Å². The fourth-order valence-electron chi connectivity index (χ4n) is 3.28. The SMILES string of the molecule is CC(C)(C)[Si](C)(C)OC1CCC(Oc2[c]cc3ccc(C(N)=O)nc3c2)CC1. The molecular formula is C22H31N2O3Si. The second-order valence-corrected chi connectivity index (χ2v) is 14.0. The van der Waals surface area contributed by atoms with Crippen molar-refractivity contribution in [1.29, 1.82) is 0 Å². The summed E-state index contributed by atoms with van der Waals surface area (Å²) in [5.41, 5.74) is 6.28. The maximum Gasteiger partial charge on any atom is 0.267 e. The predicted molar refractivity (Wildman–Crippen MR) is 114 cm³/mol. The number of hydrogen-bond donors (Lipinski definition) is 1. The molecule has 1 aliphatic carbocycles. The number of aromatic nitrogens is 1. The van der Waals surface area contributed by atoms with Crippen molar-refractivity contribution in [1.82, 2.24) is 4.98 Å². The monoisotopic (exact) mass is 399 g/mol. The van der Waals surface area contributed by atoms with Crippen molar-refractivity contribution in [2.75, 3.05) is 0 Å². The van der Waals surface area contributed by atoms with Crippen LogP contribution in [0.3, 0.4) is 0 Å². The number of hydrogen-bond acceptors (Lipinski definition) is 4. The van der Waals surface area contributed by atoms with Gasteiger partial charge in [-0.15, -0.1) is 0 Å². The highest BCUT2D eigenvalue weighted by Gasteiger charge is 2.39. The van der Waals surface area contributed by atoms with Gasteiger partial charge in [0.1, 0.15) is 11.4 Å². The zero-order valence-electron chi connectivity index (χ0n) is 17.5. The van der Waals surface area contributed by atoms with Crippen molar-refractivity contribution in [3.05, 3.63) is 36.0 Å². The number of amides is 1. The van der Waals surface area contributed by atoms with E-state index in [2.05, 4.69) is 44.9 Å². The summed E-state index contributed by atoms with van der Waals surface area (Å²) in [5.74, 6) is 0.132. The summed E-state index contributed by atoms with van der Waals surface area (Å²) >= 11 is 0. The quantitative estimate of drug-likeness (QED) is 0.730. The molecule has 0 atom stereocenters. The van der Waals surface area contributed by atoms with E-state index in [9.17, 15) is 4.79 Å². The van der Waals surface area contributed by atoms with E-state index in [1.165, 1.54) is 0 Å². The summed E-state index contributed by atoms with van der Waals surface area (Å²) in [5, 5.41) is 1.14. The molecule has 28 heavy (non-hydrogen) atoms. The Balaban J connectivity index is 1.61. The van der Waals surface area contributed by atoms with Crippen molar-refractivity contribution in [3.63, 3.8) is 0 Å². The van der Waals surface area contributed by atoms with Crippen LogP contribution in [0.1, 0.15) is 56.9 Å². The average Bonchev–Trinajstić information content (AvgIpc) is 2.61. The highest BCUT2D eigenvalue weighted by Crippen LogP contribution is 2.39. The highest BCUT2D eigenvalue weighted by atomic mass is 28.4. The lowest BCUT2D eigenvalue weighted by Crippen LogP contribution is -2.45. The van der Waals surface area contributed by atoms with Crippen LogP contribution in [0.2, 0.25) is 18.1 Å². The number of nitrogens with two attached hydrogens (primary N) is 1. The molecule has 1 fully saturated rings. The molecule has 0 spiro atoms. The first-order valence-electron chi connectivity index (χ1n) is 10.0. The van der Waals surface area contributed by atoms with Gasteiger partial charge in [-0.25, -0.2) is 4.98 Å². The minimum atomic E-state index is -1.73. The molecule has 6 heteroatoms. The molecule has 3 rings (SSSR count). The molecular weight excluding hydrogens is 368 g/mol. The standard InChI is InChI=1S/C22H31N2O3Si/c1-22(2,3)28(4,5)27-17-11-9-16(10-12-17)26-18-8-6-15-7-13-19(21(23)25)24-20(15)14-18/h6-7,13-14,16-17H,9-12H2,1-5H3,(H2,23,25). The van der Waals surface area contributed by atoms with Gasteiger partial charge >= 0.3 is 0 Å². The smallest absolute Gasteiger partial charge is 0.267 e. The molecule has 5 nitrogen and oxygen atoms in total. The van der Waals surface area contributed by atoms with Crippen molar-refractivity contribution >= 4 is 25.1 Å². The zero-order chi connectivity index (χ0) is 20.5. The number of pyridine rings is 1. The number of benzene rings is 1. The van der Waals surface area contributed by atoms with Crippen LogP contribution in [0.5, 0.6) is 5.75 Å². The highest BCUT2D eigenvalue weighted by molar-refractivity contribution is 6.74. The maximum absolute atomic E-state index is 11.3. The summed E-state index contributed by atoms with van der Waals surface area (Å²) in [7, 11) is -1.73. The minimum absolute atomic E-state index is 0.160. The first-order chi connectivity index (χ1) is 13.0. The van der Waals surface area contributed by atoms with Gasteiger partial charge in [0.15, 0.2) is 8.32 Å². The summed E-state index contributed by atoms with van der Waals surface area (Å²) in [6, 6.07) is 10.3. The van der Waals surface area contributed by atoms with Gasteiger partial charge in [-0.3, -0.25) is 4.79 Å². The predicted octanol–water partition coefficient (Wildman–Crippen LogP) is 4.85. The van der Waals surface area contributed by atoms with Crippen LogP contribution in [0.25, 0.3) is 10.9 Å². The second-order valence-electron chi connectivity index (χ2n) is 9.23. The van der Waals surface area contributed by atoms with E-state index in [1.807, 2.05) is 18.2 Å². The van der Waals surface area contributed by atoms with Crippen LogP contribution >= 0.6 is 0 Å². The van der Waals surface area contributed by atoms with Crippen molar-refractivity contribution in [2.45, 2.75) is 76.8 Å². The molecule has 1 radical (unpaired) electrons. The number of nitrogens with zero attached hydrogens (tertiary/aromatic N) is 1. The summed E-state index contributed by atoms with van der Waals surface area (Å²) < 4.78 is 12.7. The Morgan fingerprint density at radius 2 is 1.82 bits per heavy atom. The summed E-state index contributed by atoms with van der Waals surface area (Å²) in [4.78, 5) is 15.7. The molecule has 1 saturated carbocycles. The molecule has 0 bridgehead atoms. The Labute approximate surface area is 168 Å². The van der Waals surface area contributed by atoms with E-state index in [4.69, 9.17) is 14.9 Å². The van der Waals surface area contributed by atoms with Crippen LogP contribution < -0.4 is 10.5 Å². The van der Waals surface area contributed by atoms with Gasteiger partial charge in [-0.05, 0) is 55.9 Å². The number of fused-ring (bicyclic) bond motifs is 1. The van der Waals surface area contributed by atoms with Gasteiger partial charge in [0.25, 0.3) is 5.91 Å². The molecule has 0 aliphatic heterocycles. The number of primary amides is 1. The normalized spacial score (nSPS) is 20.9. The Hall–Kier alpha value is -1.92. The molecule has 1 aromatic heterocycles. The fourth-order valence-corrected chi connectivity index (χ4v) is 4.71. The average molecular weight is 400 g/mol. The van der Waals surface area contributed by atoms with E-state index >= 15 is 0 Å². The molecule has 151 valence electrons. The third kappa shape index (κ3) is 4.73. The first-order valence-corrected chi connectivity index (χ1v) is 12.9. The van der Waals surface area contributed by atoms with Crippen molar-refractivity contribution in [3.8, 4) is 5.75 Å². The van der Waals surface area contributed by atoms with Crippen molar-refractivity contribution < 1.29 is 14.0 Å². The van der Waals surface area contributed by atoms with Crippen LogP contribution in [0.4, 0.5) is 0 Å². The number of ether oxygens (including phenoxy) is 1. The third-order valence-corrected chi connectivity index (χ3v) is 10.6. The molecule has 1 amide bonds. The van der Waals surface area contributed by atoms with Crippen LogP contribution in [-0.4, -0.2) is 31.4 Å². The third-order valence-electron chi connectivity index (χ3n) is 6.03. The Morgan fingerprint density at radius 1 is 1.18 bits per heavy atom. The van der Waals surface area contributed by atoms with Gasteiger partial charge in [-0.2, -0.15) is 0 Å². The van der Waals surface area contributed by atoms with Gasteiger partial charge in [-0.1, -0.05) is 26.8 Å².